The molecular formula is C32H51N3O5S2. The van der Waals surface area contributed by atoms with E-state index in [1.165, 1.54) is 19.3 Å². The molecule has 8 nitrogen and oxygen atoms in total. The highest BCUT2D eigenvalue weighted by atomic mass is 32.2. The van der Waals surface area contributed by atoms with Crippen molar-refractivity contribution in [2.24, 2.45) is 11.8 Å². The lowest BCUT2D eigenvalue weighted by molar-refractivity contribution is 0.0678. The summed E-state index contributed by atoms with van der Waals surface area (Å²) >= 11 is 0. The first kappa shape index (κ1) is 33.2. The van der Waals surface area contributed by atoms with Crippen molar-refractivity contribution in [2.75, 3.05) is 19.8 Å². The summed E-state index contributed by atoms with van der Waals surface area (Å²) in [5.41, 5.74) is 1.95. The first-order valence-electron chi connectivity index (χ1n) is 15.4. The minimum Gasteiger partial charge on any atom is -0.381 e. The molecule has 0 bridgehead atoms. The van der Waals surface area contributed by atoms with Crippen LogP contribution in [0.1, 0.15) is 97.7 Å². The summed E-state index contributed by atoms with van der Waals surface area (Å²) in [4.78, 5) is 0.547. The van der Waals surface area contributed by atoms with E-state index in [1.807, 2.05) is 60.6 Å². The van der Waals surface area contributed by atoms with Crippen LogP contribution in [0.15, 0.2) is 34.1 Å². The Labute approximate surface area is 254 Å². The van der Waals surface area contributed by atoms with Gasteiger partial charge in [-0.25, -0.2) is 26.3 Å². The number of hydrogen-bond acceptors (Lipinski definition) is 5. The molecule has 1 aromatic carbocycles. The van der Waals surface area contributed by atoms with Crippen LogP contribution in [-0.4, -0.2) is 46.7 Å². The van der Waals surface area contributed by atoms with E-state index in [1.54, 1.807) is 12.1 Å². The molecular weight excluding hydrogens is 571 g/mol. The lowest BCUT2D eigenvalue weighted by Gasteiger charge is -2.27. The van der Waals surface area contributed by atoms with Gasteiger partial charge in [0.25, 0.3) is 0 Å². The summed E-state index contributed by atoms with van der Waals surface area (Å²) in [5.74, 6) is 0.746. The number of hydrogen-bond donors (Lipinski definition) is 2. The van der Waals surface area contributed by atoms with E-state index in [0.29, 0.717) is 36.1 Å². The summed E-state index contributed by atoms with van der Waals surface area (Å²) in [6.45, 7) is 15.9. The molecule has 42 heavy (non-hydrogen) atoms. The summed E-state index contributed by atoms with van der Waals surface area (Å²) in [6.07, 6.45) is 7.60. The predicted molar refractivity (Wildman–Crippen MR) is 169 cm³/mol. The summed E-state index contributed by atoms with van der Waals surface area (Å²) in [6, 6.07) is 7.22. The normalized spacial score (nSPS) is 18.5. The van der Waals surface area contributed by atoms with Crippen LogP contribution in [0.4, 0.5) is 0 Å². The molecule has 0 spiro atoms. The molecule has 1 aliphatic heterocycles. The Balaban J connectivity index is 1.79. The van der Waals surface area contributed by atoms with Gasteiger partial charge in [-0.1, -0.05) is 46.1 Å². The van der Waals surface area contributed by atoms with Crippen molar-refractivity contribution in [1.29, 1.82) is 0 Å². The van der Waals surface area contributed by atoms with E-state index in [9.17, 15) is 16.8 Å². The number of benzene rings is 1. The molecule has 0 atom stereocenters. The van der Waals surface area contributed by atoms with Gasteiger partial charge in [0.1, 0.15) is 4.90 Å². The number of sulfonamides is 2. The third-order valence-electron chi connectivity index (χ3n) is 8.49. The van der Waals surface area contributed by atoms with Crippen molar-refractivity contribution in [2.45, 2.75) is 121 Å². The first-order valence-corrected chi connectivity index (χ1v) is 18.4. The molecule has 236 valence electrons. The molecule has 1 aromatic heterocycles. The summed E-state index contributed by atoms with van der Waals surface area (Å²) in [7, 11) is -7.53. The molecule has 4 rings (SSSR count). The van der Waals surface area contributed by atoms with Crippen LogP contribution >= 0.6 is 0 Å². The highest BCUT2D eigenvalue weighted by Gasteiger charge is 2.31. The third-order valence-corrected chi connectivity index (χ3v) is 11.8. The Bertz CT molecular complexity index is 1450. The molecule has 1 aliphatic carbocycles. The van der Waals surface area contributed by atoms with Crippen LogP contribution in [0.3, 0.4) is 0 Å². The fraction of sp³-hybridized carbons (Fsp3) is 0.688. The van der Waals surface area contributed by atoms with Gasteiger partial charge in [-0.05, 0) is 100.0 Å². The number of ether oxygens (including phenoxy) is 1. The minimum absolute atomic E-state index is 0.252. The van der Waals surface area contributed by atoms with E-state index < -0.39 is 31.0 Å². The van der Waals surface area contributed by atoms with Crippen LogP contribution in [0, 0.1) is 18.8 Å². The van der Waals surface area contributed by atoms with Gasteiger partial charge < -0.3 is 9.30 Å². The molecule has 0 radical (unpaired) electrons. The Kier molecular flexibility index (Phi) is 10.0. The second kappa shape index (κ2) is 12.7. The van der Waals surface area contributed by atoms with E-state index in [0.717, 1.165) is 49.2 Å². The smallest absolute Gasteiger partial charge is 0.242 e. The SMILES string of the molecule is Cc1c(S(=O)(=O)NCC2CCOCC2)cc(-c2ccc(S(=O)(=O)NC(C)(C)C)c(C(C)(C)C)c2)n1CC1CCCCC1. The van der Waals surface area contributed by atoms with Gasteiger partial charge in [0.15, 0.2) is 0 Å². The van der Waals surface area contributed by atoms with Crippen LogP contribution in [-0.2, 0) is 36.7 Å². The van der Waals surface area contributed by atoms with Gasteiger partial charge in [-0.3, -0.25) is 0 Å². The highest BCUT2D eigenvalue weighted by Crippen LogP contribution is 2.37. The highest BCUT2D eigenvalue weighted by molar-refractivity contribution is 7.89. The second-order valence-electron chi connectivity index (χ2n) is 14.3. The van der Waals surface area contributed by atoms with Gasteiger partial charge in [-0.15, -0.1) is 0 Å². The molecule has 1 saturated heterocycles. The van der Waals surface area contributed by atoms with E-state index in [4.69, 9.17) is 4.74 Å². The van der Waals surface area contributed by atoms with Gasteiger partial charge in [-0.2, -0.15) is 0 Å². The zero-order valence-electron chi connectivity index (χ0n) is 26.5. The molecule has 0 unspecified atom stereocenters. The van der Waals surface area contributed by atoms with E-state index in [2.05, 4.69) is 14.0 Å². The van der Waals surface area contributed by atoms with E-state index in [-0.39, 0.29) is 10.8 Å². The molecule has 2 heterocycles. The summed E-state index contributed by atoms with van der Waals surface area (Å²) < 4.78 is 67.6. The van der Waals surface area contributed by atoms with Crippen molar-refractivity contribution >= 4 is 20.0 Å². The third kappa shape index (κ3) is 8.05. The lowest BCUT2D eigenvalue weighted by atomic mass is 9.85. The lowest BCUT2D eigenvalue weighted by Crippen LogP contribution is -2.41. The van der Waals surface area contributed by atoms with Crippen molar-refractivity contribution in [3.05, 3.63) is 35.5 Å². The predicted octanol–water partition coefficient (Wildman–Crippen LogP) is 6.12. The van der Waals surface area contributed by atoms with Crippen LogP contribution in [0.5, 0.6) is 0 Å². The van der Waals surface area contributed by atoms with Crippen molar-refractivity contribution in [3.8, 4) is 11.3 Å². The molecule has 2 fully saturated rings. The maximum atomic E-state index is 13.7. The Morgan fingerprint density at radius 2 is 1.48 bits per heavy atom. The fourth-order valence-electron chi connectivity index (χ4n) is 6.22. The van der Waals surface area contributed by atoms with Crippen molar-refractivity contribution in [3.63, 3.8) is 0 Å². The number of aromatic nitrogens is 1. The number of nitrogens with one attached hydrogen (secondary N) is 2. The molecule has 2 aromatic rings. The van der Waals surface area contributed by atoms with Gasteiger partial charge >= 0.3 is 0 Å². The zero-order valence-corrected chi connectivity index (χ0v) is 28.2. The second-order valence-corrected chi connectivity index (χ2v) is 17.7. The number of nitrogens with zero attached hydrogens (tertiary/aromatic N) is 1. The minimum atomic E-state index is -3.78. The van der Waals surface area contributed by atoms with Crippen LogP contribution in [0.2, 0.25) is 0 Å². The topological polar surface area (TPSA) is 106 Å². The monoisotopic (exact) mass is 621 g/mol. The van der Waals surface area contributed by atoms with Crippen molar-refractivity contribution in [1.82, 2.24) is 14.0 Å². The molecule has 2 aliphatic rings. The van der Waals surface area contributed by atoms with Gasteiger partial charge in [0, 0.05) is 43.2 Å². The molecule has 1 saturated carbocycles. The van der Waals surface area contributed by atoms with Crippen molar-refractivity contribution < 1.29 is 21.6 Å². The van der Waals surface area contributed by atoms with Gasteiger partial charge in [0.2, 0.25) is 20.0 Å². The average molecular weight is 622 g/mol. The first-order chi connectivity index (χ1) is 19.5. The standard InChI is InChI=1S/C32H51N3O5S2/c1-23-30(41(36,37)33-21-24-15-17-40-18-16-24)20-28(35(23)22-25-11-9-8-10-12-25)26-13-14-29(27(19-26)31(2,3)4)42(38,39)34-32(5,6)7/h13-14,19-20,24-25,33-34H,8-12,15-18,21-22H2,1-7H3. The van der Waals surface area contributed by atoms with Crippen LogP contribution in [0.25, 0.3) is 11.3 Å². The Hall–Kier alpha value is -1.72. The molecule has 2 N–H and O–H groups in total. The quantitative estimate of drug-likeness (QED) is 0.351. The fourth-order valence-corrected chi connectivity index (χ4v) is 9.41. The Morgan fingerprint density at radius 1 is 0.833 bits per heavy atom. The number of rotatable bonds is 9. The largest absolute Gasteiger partial charge is 0.381 e. The maximum Gasteiger partial charge on any atom is 0.242 e. The Morgan fingerprint density at radius 3 is 2.07 bits per heavy atom. The zero-order chi connectivity index (χ0) is 30.9. The molecule has 0 amide bonds. The average Bonchev–Trinajstić information content (AvgIpc) is 3.23. The van der Waals surface area contributed by atoms with E-state index >= 15 is 0 Å². The van der Waals surface area contributed by atoms with Crippen LogP contribution < -0.4 is 9.44 Å². The maximum absolute atomic E-state index is 13.7. The summed E-state index contributed by atoms with van der Waals surface area (Å²) in [5, 5.41) is 0. The van der Waals surface area contributed by atoms with Gasteiger partial charge in [0.05, 0.1) is 4.90 Å². The molecule has 10 heteroatoms.